The van der Waals surface area contributed by atoms with Gasteiger partial charge in [0.25, 0.3) is 0 Å². The molecule has 0 amide bonds. The van der Waals surface area contributed by atoms with E-state index in [1.54, 1.807) is 0 Å². The Hall–Kier alpha value is -1.18. The topological polar surface area (TPSA) is 69.6 Å². The van der Waals surface area contributed by atoms with Crippen molar-refractivity contribution in [2.45, 2.75) is 0 Å². The maximum atomic E-state index is 5.56. The van der Waals surface area contributed by atoms with Gasteiger partial charge < -0.3 is 5.73 Å². The lowest BCUT2D eigenvalue weighted by Crippen LogP contribution is -2.03. The van der Waals surface area contributed by atoms with E-state index in [-0.39, 0.29) is 0 Å². The van der Waals surface area contributed by atoms with Gasteiger partial charge in [0.05, 0.1) is 5.69 Å². The maximum Gasteiger partial charge on any atom is 0.245 e. The summed E-state index contributed by atoms with van der Waals surface area (Å²) in [6.07, 6.45) is 0. The lowest BCUT2D eigenvalue weighted by Gasteiger charge is -2.02. The first-order chi connectivity index (χ1) is 6.29. The Morgan fingerprint density at radius 1 is 1.31 bits per heavy atom. The molecule has 0 bridgehead atoms. The van der Waals surface area contributed by atoms with Crippen molar-refractivity contribution in [3.63, 3.8) is 0 Å². The molecule has 0 spiro atoms. The normalized spacial score (nSPS) is 10.2. The Kier molecular flexibility index (Phi) is 2.13. The van der Waals surface area contributed by atoms with Crippen LogP contribution in [0.3, 0.4) is 0 Å². The summed E-state index contributed by atoms with van der Waals surface area (Å²) in [5.41, 5.74) is 6.46. The summed E-state index contributed by atoms with van der Waals surface area (Å²) >= 11 is 2.21. The van der Waals surface area contributed by atoms with Crippen molar-refractivity contribution in [1.29, 1.82) is 0 Å². The van der Waals surface area contributed by atoms with Gasteiger partial charge in [-0.25, -0.2) is 0 Å². The fourth-order valence-corrected chi connectivity index (χ4v) is 1.60. The number of halogens is 1. The quantitative estimate of drug-likeness (QED) is 0.789. The van der Waals surface area contributed by atoms with Crippen LogP contribution < -0.4 is 5.73 Å². The summed E-state index contributed by atoms with van der Waals surface area (Å²) in [5.74, 6) is 0.295. The predicted octanol–water partition coefficient (Wildman–Crippen LogP) is 0.849. The second-order valence-electron chi connectivity index (χ2n) is 2.40. The number of benzene rings is 1. The highest BCUT2D eigenvalue weighted by Gasteiger charge is 2.06. The van der Waals surface area contributed by atoms with Crippen LogP contribution in [0, 0.1) is 3.57 Å². The summed E-state index contributed by atoms with van der Waals surface area (Å²) in [7, 11) is 0. The Morgan fingerprint density at radius 3 is 2.69 bits per heavy atom. The molecule has 0 atom stereocenters. The summed E-state index contributed by atoms with van der Waals surface area (Å²) in [4.78, 5) is 0. The van der Waals surface area contributed by atoms with Crippen LogP contribution in [-0.2, 0) is 0 Å². The van der Waals surface area contributed by atoms with E-state index < -0.39 is 0 Å². The van der Waals surface area contributed by atoms with Gasteiger partial charge >= 0.3 is 0 Å². The van der Waals surface area contributed by atoms with Gasteiger partial charge in [-0.1, -0.05) is 17.2 Å². The average Bonchev–Trinajstić information content (AvgIpc) is 2.52. The molecule has 0 unspecified atom stereocenters. The third-order valence-electron chi connectivity index (χ3n) is 1.57. The molecule has 13 heavy (non-hydrogen) atoms. The number of aromatic nitrogens is 4. The van der Waals surface area contributed by atoms with E-state index in [1.807, 2.05) is 24.3 Å². The summed E-state index contributed by atoms with van der Waals surface area (Å²) < 4.78 is 2.56. The minimum atomic E-state index is 0.295. The van der Waals surface area contributed by atoms with Crippen LogP contribution in [0.4, 0.5) is 5.95 Å². The zero-order valence-corrected chi connectivity index (χ0v) is 8.71. The van der Waals surface area contributed by atoms with Crippen molar-refractivity contribution in [3.05, 3.63) is 27.8 Å². The van der Waals surface area contributed by atoms with Crippen molar-refractivity contribution in [2.75, 3.05) is 5.73 Å². The molecule has 0 aliphatic heterocycles. The molecule has 2 aromatic rings. The summed E-state index contributed by atoms with van der Waals surface area (Å²) in [6, 6.07) is 7.75. The first kappa shape index (κ1) is 8.42. The van der Waals surface area contributed by atoms with Gasteiger partial charge in [-0.05, 0) is 45.2 Å². The number of hydrogen-bond donors (Lipinski definition) is 1. The minimum absolute atomic E-state index is 0.295. The van der Waals surface area contributed by atoms with E-state index in [0.29, 0.717) is 5.95 Å². The number of nitrogens with zero attached hydrogens (tertiary/aromatic N) is 4. The molecule has 5 nitrogen and oxygen atoms in total. The van der Waals surface area contributed by atoms with Crippen molar-refractivity contribution < 1.29 is 0 Å². The van der Waals surface area contributed by atoms with Crippen LogP contribution >= 0.6 is 22.6 Å². The molecule has 6 heteroatoms. The van der Waals surface area contributed by atoms with Crippen LogP contribution in [0.25, 0.3) is 5.69 Å². The largest absolute Gasteiger partial charge is 0.366 e. The Bertz CT molecular complexity index is 424. The molecular formula is C7H6IN5. The highest BCUT2D eigenvalue weighted by molar-refractivity contribution is 14.1. The smallest absolute Gasteiger partial charge is 0.245 e. The number of hydrogen-bond acceptors (Lipinski definition) is 4. The highest BCUT2D eigenvalue weighted by Crippen LogP contribution is 2.16. The Morgan fingerprint density at radius 2 is 2.08 bits per heavy atom. The second kappa shape index (κ2) is 3.29. The molecule has 66 valence electrons. The van der Waals surface area contributed by atoms with E-state index in [4.69, 9.17) is 5.73 Å². The lowest BCUT2D eigenvalue weighted by molar-refractivity contribution is 0.789. The Balaban J connectivity index is 2.59. The number of nitrogens with two attached hydrogens (primary N) is 1. The first-order valence-electron chi connectivity index (χ1n) is 3.58. The van der Waals surface area contributed by atoms with Crippen LogP contribution in [0.15, 0.2) is 24.3 Å². The van der Waals surface area contributed by atoms with Crippen molar-refractivity contribution in [1.82, 2.24) is 20.2 Å². The Labute approximate surface area is 88.1 Å². The maximum absolute atomic E-state index is 5.56. The zero-order chi connectivity index (χ0) is 9.26. The molecule has 0 saturated carbocycles. The minimum Gasteiger partial charge on any atom is -0.366 e. The standard InChI is InChI=1S/C7H6IN5/c8-5-3-1-2-4-6(5)13-7(9)10-11-12-13/h1-4H,(H2,9,10,12). The number of tetrazole rings is 1. The summed E-state index contributed by atoms with van der Waals surface area (Å²) in [6.45, 7) is 0. The molecule has 0 radical (unpaired) electrons. The zero-order valence-electron chi connectivity index (χ0n) is 6.55. The molecule has 0 fully saturated rings. The van der Waals surface area contributed by atoms with E-state index >= 15 is 0 Å². The number of rotatable bonds is 1. The second-order valence-corrected chi connectivity index (χ2v) is 3.56. The van der Waals surface area contributed by atoms with Crippen molar-refractivity contribution >= 4 is 28.5 Å². The average molecular weight is 287 g/mol. The fraction of sp³-hybridized carbons (Fsp3) is 0. The summed E-state index contributed by atoms with van der Waals surface area (Å²) in [5, 5.41) is 10.9. The fourth-order valence-electron chi connectivity index (χ4n) is 0.989. The third kappa shape index (κ3) is 1.48. The highest BCUT2D eigenvalue weighted by atomic mass is 127. The molecule has 2 rings (SSSR count). The van der Waals surface area contributed by atoms with Crippen molar-refractivity contribution in [2.24, 2.45) is 0 Å². The molecule has 0 saturated heterocycles. The monoisotopic (exact) mass is 287 g/mol. The van der Waals surface area contributed by atoms with Gasteiger partial charge in [0.1, 0.15) is 0 Å². The van der Waals surface area contributed by atoms with Crippen LogP contribution in [-0.4, -0.2) is 20.2 Å². The first-order valence-corrected chi connectivity index (χ1v) is 4.65. The lowest BCUT2D eigenvalue weighted by atomic mass is 10.3. The molecule has 1 aromatic heterocycles. The van der Waals surface area contributed by atoms with Gasteiger partial charge in [-0.3, -0.25) is 0 Å². The van der Waals surface area contributed by atoms with E-state index in [2.05, 4.69) is 38.1 Å². The van der Waals surface area contributed by atoms with Crippen molar-refractivity contribution in [3.8, 4) is 5.69 Å². The van der Waals surface area contributed by atoms with E-state index in [0.717, 1.165) is 9.26 Å². The van der Waals surface area contributed by atoms with Gasteiger partial charge in [-0.15, -0.1) is 0 Å². The molecule has 0 aliphatic carbocycles. The van der Waals surface area contributed by atoms with Crippen LogP contribution in [0.5, 0.6) is 0 Å². The van der Waals surface area contributed by atoms with Crippen LogP contribution in [0.2, 0.25) is 0 Å². The predicted molar refractivity (Wildman–Crippen MR) is 56.3 cm³/mol. The SMILES string of the molecule is Nc1nnnn1-c1ccccc1I. The molecule has 2 N–H and O–H groups in total. The van der Waals surface area contributed by atoms with Gasteiger partial charge in [0.15, 0.2) is 0 Å². The molecule has 1 heterocycles. The van der Waals surface area contributed by atoms with Gasteiger partial charge in [0, 0.05) is 3.57 Å². The number of anilines is 1. The molecule has 1 aromatic carbocycles. The van der Waals surface area contributed by atoms with Gasteiger partial charge in [0.2, 0.25) is 5.95 Å². The van der Waals surface area contributed by atoms with E-state index in [1.165, 1.54) is 4.68 Å². The van der Waals surface area contributed by atoms with Gasteiger partial charge in [-0.2, -0.15) is 4.68 Å². The van der Waals surface area contributed by atoms with E-state index in [9.17, 15) is 0 Å². The third-order valence-corrected chi connectivity index (χ3v) is 2.49. The number of para-hydroxylation sites is 1. The molecule has 0 aliphatic rings. The molecular weight excluding hydrogens is 281 g/mol. The number of nitrogen functional groups attached to an aromatic ring is 1. The van der Waals surface area contributed by atoms with Crippen LogP contribution in [0.1, 0.15) is 0 Å².